The van der Waals surface area contributed by atoms with Crippen LogP contribution in [0, 0.1) is 0 Å². The number of methoxy groups -OCH3 is 1. The number of esters is 1. The molecule has 0 spiro atoms. The van der Waals surface area contributed by atoms with Crippen molar-refractivity contribution in [3.63, 3.8) is 0 Å². The molecule has 0 aliphatic carbocycles. The summed E-state index contributed by atoms with van der Waals surface area (Å²) in [6.45, 7) is 11.3. The fourth-order valence-corrected chi connectivity index (χ4v) is 3.76. The highest BCUT2D eigenvalue weighted by molar-refractivity contribution is 6.74. The number of nitrogens with zero attached hydrogens (tertiary/aromatic N) is 1. The Bertz CT molecular complexity index is 667. The fourth-order valence-electron chi connectivity index (χ4n) is 2.73. The van der Waals surface area contributed by atoms with E-state index < -0.39 is 20.3 Å². The van der Waals surface area contributed by atoms with E-state index in [4.69, 9.17) is 14.9 Å². The molecule has 1 heterocycles. The summed E-state index contributed by atoms with van der Waals surface area (Å²) in [5.74, 6) is 0.118. The van der Waals surface area contributed by atoms with Crippen LogP contribution < -0.4 is 10.2 Å². The Kier molecular flexibility index (Phi) is 5.82. The molecule has 0 unspecified atom stereocenters. The minimum Gasteiger partial charge on any atom is -0.544 e. The van der Waals surface area contributed by atoms with Crippen molar-refractivity contribution >= 4 is 20.2 Å². The molecule has 2 N–H and O–H groups in total. The molecule has 1 amide bonds. The molecule has 1 aromatic carbocycles. The van der Waals surface area contributed by atoms with Crippen LogP contribution in [0.2, 0.25) is 18.1 Å². The molecule has 1 aliphatic rings. The summed E-state index contributed by atoms with van der Waals surface area (Å²) in [5, 5.41) is 0.0981. The Morgan fingerprint density at radius 2 is 1.77 bits per heavy atom. The highest BCUT2D eigenvalue weighted by Gasteiger charge is 2.40. The second-order valence-electron chi connectivity index (χ2n) is 8.38. The van der Waals surface area contributed by atoms with E-state index in [1.807, 2.05) is 12.1 Å². The lowest BCUT2D eigenvalue weighted by Gasteiger charge is -2.36. The third kappa shape index (κ3) is 4.27. The zero-order valence-corrected chi connectivity index (χ0v) is 17.5. The van der Waals surface area contributed by atoms with Crippen molar-refractivity contribution in [3.05, 3.63) is 29.8 Å². The topological polar surface area (TPSA) is 81.9 Å². The summed E-state index contributed by atoms with van der Waals surface area (Å²) in [6, 6.07) is 6.27. The molecule has 2 atom stereocenters. The number of amides is 1. The summed E-state index contributed by atoms with van der Waals surface area (Å²) in [4.78, 5) is 26.2. The van der Waals surface area contributed by atoms with Gasteiger partial charge in [0.05, 0.1) is 7.11 Å². The van der Waals surface area contributed by atoms with Gasteiger partial charge in [0.25, 0.3) is 5.91 Å². The molecule has 0 bridgehead atoms. The molecule has 7 heteroatoms. The first-order valence-electron chi connectivity index (χ1n) is 8.90. The van der Waals surface area contributed by atoms with Gasteiger partial charge in [0.1, 0.15) is 11.8 Å². The molecule has 1 aromatic rings. The number of carbonyl (C=O) groups is 2. The summed E-state index contributed by atoms with van der Waals surface area (Å²) >= 11 is 0. The fraction of sp³-hybridized carbons (Fsp3) is 0.579. The number of ether oxygens (including phenoxy) is 1. The maximum Gasteiger partial charge on any atom is 0.328 e. The van der Waals surface area contributed by atoms with E-state index >= 15 is 0 Å². The zero-order chi connectivity index (χ0) is 19.7. The third-order valence-electron chi connectivity index (χ3n) is 5.35. The van der Waals surface area contributed by atoms with Crippen molar-refractivity contribution in [2.45, 2.75) is 57.4 Å². The molecule has 2 rings (SSSR count). The summed E-state index contributed by atoms with van der Waals surface area (Å²) < 4.78 is 11.0. The number of benzene rings is 1. The van der Waals surface area contributed by atoms with Gasteiger partial charge in [0, 0.05) is 18.2 Å². The van der Waals surface area contributed by atoms with Crippen LogP contribution in [-0.4, -0.2) is 50.8 Å². The zero-order valence-electron chi connectivity index (χ0n) is 16.5. The molecule has 0 aromatic heterocycles. The van der Waals surface area contributed by atoms with Crippen LogP contribution in [0.4, 0.5) is 0 Å². The minimum absolute atomic E-state index is 0.0981. The summed E-state index contributed by atoms with van der Waals surface area (Å²) in [7, 11) is -0.608. The monoisotopic (exact) mass is 378 g/mol. The first-order valence-corrected chi connectivity index (χ1v) is 11.8. The number of likely N-dealkylation sites (tertiary alicyclic amines) is 1. The van der Waals surface area contributed by atoms with Crippen LogP contribution in [0.3, 0.4) is 0 Å². The molecule has 1 saturated heterocycles. The van der Waals surface area contributed by atoms with Gasteiger partial charge in [-0.05, 0) is 48.8 Å². The van der Waals surface area contributed by atoms with E-state index in [-0.39, 0.29) is 17.0 Å². The van der Waals surface area contributed by atoms with E-state index in [0.717, 1.165) is 5.75 Å². The normalized spacial score (nSPS) is 20.8. The lowest BCUT2D eigenvalue weighted by atomic mass is 10.1. The molecule has 1 fully saturated rings. The number of hydrogen-bond donors (Lipinski definition) is 1. The molecular formula is C19H30N2O4Si. The molecule has 1 aliphatic heterocycles. The van der Waals surface area contributed by atoms with Gasteiger partial charge in [0.15, 0.2) is 0 Å². The standard InChI is InChI=1S/C19H30N2O4Si/c1-19(2,3)26(5,6)25-15-9-7-13(8-10-15)17(22)21-12-14(20)11-16(21)18(23)24-4/h7-10,14,16H,11-12,20H2,1-6H3/t14-,16-/m0/s1. The maximum absolute atomic E-state index is 12.8. The van der Waals surface area contributed by atoms with Crippen LogP contribution >= 0.6 is 0 Å². The average Bonchev–Trinajstić information content (AvgIpc) is 2.94. The van der Waals surface area contributed by atoms with Crippen LogP contribution in [0.15, 0.2) is 24.3 Å². The van der Waals surface area contributed by atoms with Crippen LogP contribution in [0.5, 0.6) is 5.75 Å². The predicted octanol–water partition coefficient (Wildman–Crippen LogP) is 2.79. The number of nitrogens with two attached hydrogens (primary N) is 1. The predicted molar refractivity (Wildman–Crippen MR) is 104 cm³/mol. The molecule has 0 saturated carbocycles. The Morgan fingerprint density at radius 1 is 1.19 bits per heavy atom. The van der Waals surface area contributed by atoms with Gasteiger partial charge >= 0.3 is 5.97 Å². The van der Waals surface area contributed by atoms with Crippen LogP contribution in [-0.2, 0) is 9.53 Å². The van der Waals surface area contributed by atoms with E-state index in [1.165, 1.54) is 12.0 Å². The molecule has 26 heavy (non-hydrogen) atoms. The highest BCUT2D eigenvalue weighted by Crippen LogP contribution is 2.37. The number of hydrogen-bond acceptors (Lipinski definition) is 5. The second kappa shape index (κ2) is 7.40. The van der Waals surface area contributed by atoms with Gasteiger partial charge in [-0.25, -0.2) is 4.79 Å². The van der Waals surface area contributed by atoms with Crippen molar-refractivity contribution < 1.29 is 18.8 Å². The SMILES string of the molecule is COC(=O)[C@@H]1C[C@H](N)CN1C(=O)c1ccc(O[Si](C)(C)C(C)(C)C)cc1. The molecular weight excluding hydrogens is 348 g/mol. The largest absolute Gasteiger partial charge is 0.544 e. The van der Waals surface area contributed by atoms with Crippen molar-refractivity contribution in [1.29, 1.82) is 0 Å². The van der Waals surface area contributed by atoms with Crippen LogP contribution in [0.25, 0.3) is 0 Å². The van der Waals surface area contributed by atoms with Gasteiger partial charge < -0.3 is 19.8 Å². The van der Waals surface area contributed by atoms with Crippen molar-refractivity contribution in [2.24, 2.45) is 5.73 Å². The maximum atomic E-state index is 12.8. The van der Waals surface area contributed by atoms with Crippen molar-refractivity contribution in [3.8, 4) is 5.75 Å². The third-order valence-corrected chi connectivity index (χ3v) is 9.71. The second-order valence-corrected chi connectivity index (χ2v) is 13.1. The van der Waals surface area contributed by atoms with Crippen LogP contribution in [0.1, 0.15) is 37.6 Å². The van der Waals surface area contributed by atoms with Gasteiger partial charge in [-0.15, -0.1) is 0 Å². The lowest BCUT2D eigenvalue weighted by Crippen LogP contribution is -2.43. The van der Waals surface area contributed by atoms with E-state index in [9.17, 15) is 9.59 Å². The molecule has 0 radical (unpaired) electrons. The van der Waals surface area contributed by atoms with Crippen molar-refractivity contribution in [2.75, 3.05) is 13.7 Å². The van der Waals surface area contributed by atoms with Gasteiger partial charge in [0.2, 0.25) is 8.32 Å². The minimum atomic E-state index is -1.93. The smallest absolute Gasteiger partial charge is 0.328 e. The Morgan fingerprint density at radius 3 is 2.27 bits per heavy atom. The first kappa shape index (κ1) is 20.4. The van der Waals surface area contributed by atoms with E-state index in [0.29, 0.717) is 18.5 Å². The number of rotatable bonds is 4. The molecule has 6 nitrogen and oxygen atoms in total. The average molecular weight is 379 g/mol. The van der Waals surface area contributed by atoms with Gasteiger partial charge in [-0.2, -0.15) is 0 Å². The Balaban J connectivity index is 2.15. The summed E-state index contributed by atoms with van der Waals surface area (Å²) in [6.07, 6.45) is 0.422. The van der Waals surface area contributed by atoms with Gasteiger partial charge in [-0.1, -0.05) is 20.8 Å². The van der Waals surface area contributed by atoms with E-state index in [2.05, 4.69) is 33.9 Å². The summed E-state index contributed by atoms with van der Waals surface area (Å²) in [5.41, 5.74) is 6.45. The van der Waals surface area contributed by atoms with E-state index in [1.54, 1.807) is 12.1 Å². The quantitative estimate of drug-likeness (QED) is 0.643. The first-order chi connectivity index (χ1) is 12.0. The molecule has 144 valence electrons. The Labute approximate surface area is 156 Å². The highest BCUT2D eigenvalue weighted by atomic mass is 28.4. The van der Waals surface area contributed by atoms with Gasteiger partial charge in [-0.3, -0.25) is 4.79 Å². The van der Waals surface area contributed by atoms with Crippen molar-refractivity contribution in [1.82, 2.24) is 4.90 Å². The number of carbonyl (C=O) groups excluding carboxylic acids is 2. The Hall–Kier alpha value is -1.86. The lowest BCUT2D eigenvalue weighted by molar-refractivity contribution is -0.145.